The van der Waals surface area contributed by atoms with E-state index in [1.165, 1.54) is 6.07 Å². The van der Waals surface area contributed by atoms with Gasteiger partial charge in [-0.3, -0.25) is 0 Å². The van der Waals surface area contributed by atoms with Crippen LogP contribution < -0.4 is 4.72 Å². The maximum atomic E-state index is 12.7. The van der Waals surface area contributed by atoms with Crippen molar-refractivity contribution in [3.05, 3.63) is 28.3 Å². The fourth-order valence-electron chi connectivity index (χ4n) is 2.45. The van der Waals surface area contributed by atoms with Gasteiger partial charge >= 0.3 is 0 Å². The minimum absolute atomic E-state index is 0.117. The predicted molar refractivity (Wildman–Crippen MR) is 80.9 cm³/mol. The molecule has 0 radical (unpaired) electrons. The summed E-state index contributed by atoms with van der Waals surface area (Å²) in [6, 6.07) is 2.99. The molecule has 0 unspecified atom stereocenters. The van der Waals surface area contributed by atoms with Crippen LogP contribution in [-0.2, 0) is 21.4 Å². The number of sulfonamides is 1. The summed E-state index contributed by atoms with van der Waals surface area (Å²) in [5, 5.41) is 9.61. The van der Waals surface area contributed by atoms with Crippen LogP contribution in [-0.4, -0.2) is 32.3 Å². The lowest BCUT2D eigenvalue weighted by atomic mass is 9.94. The van der Waals surface area contributed by atoms with Gasteiger partial charge in [-0.2, -0.15) is 0 Å². The Bertz CT molecular complexity index is 624. The average molecular weight is 334 g/mol. The van der Waals surface area contributed by atoms with Gasteiger partial charge in [0.05, 0.1) is 11.5 Å². The van der Waals surface area contributed by atoms with Crippen LogP contribution in [0.2, 0.25) is 5.02 Å². The molecule has 1 aliphatic heterocycles. The van der Waals surface area contributed by atoms with Gasteiger partial charge in [0, 0.05) is 23.8 Å². The molecule has 1 aromatic carbocycles. The standard InChI is InChI=1S/C14H20ClNO4S/c1-10-11(9-17)7-12(15)8-13(10)21(18,19)16-14(2)3-5-20-6-4-14/h7-8,16-17H,3-6,9H2,1-2H3. The first kappa shape index (κ1) is 16.7. The second-order valence-electron chi connectivity index (χ2n) is 5.62. The highest BCUT2D eigenvalue weighted by Crippen LogP contribution is 2.28. The second-order valence-corrected chi connectivity index (χ2v) is 7.71. The molecule has 0 atom stereocenters. The first-order chi connectivity index (χ1) is 9.77. The first-order valence-electron chi connectivity index (χ1n) is 6.79. The van der Waals surface area contributed by atoms with Gasteiger partial charge in [-0.15, -0.1) is 0 Å². The number of nitrogens with one attached hydrogen (secondary N) is 1. The largest absolute Gasteiger partial charge is 0.392 e. The second kappa shape index (κ2) is 6.22. The van der Waals surface area contributed by atoms with Crippen molar-refractivity contribution in [2.45, 2.75) is 43.7 Å². The topological polar surface area (TPSA) is 75.6 Å². The van der Waals surface area contributed by atoms with Crippen LogP contribution in [0.3, 0.4) is 0 Å². The molecule has 0 aliphatic carbocycles. The molecule has 21 heavy (non-hydrogen) atoms. The summed E-state index contributed by atoms with van der Waals surface area (Å²) in [5.74, 6) is 0. The number of hydrogen-bond acceptors (Lipinski definition) is 4. The zero-order valence-corrected chi connectivity index (χ0v) is 13.7. The molecular formula is C14H20ClNO4S. The Balaban J connectivity index is 2.38. The zero-order chi connectivity index (χ0) is 15.7. The highest BCUT2D eigenvalue weighted by Gasteiger charge is 2.33. The third-order valence-electron chi connectivity index (χ3n) is 3.87. The van der Waals surface area contributed by atoms with Gasteiger partial charge < -0.3 is 9.84 Å². The van der Waals surface area contributed by atoms with Crippen LogP contribution in [0.15, 0.2) is 17.0 Å². The van der Waals surface area contributed by atoms with E-state index in [-0.39, 0.29) is 11.5 Å². The van der Waals surface area contributed by atoms with Crippen LogP contribution in [0.5, 0.6) is 0 Å². The van der Waals surface area contributed by atoms with E-state index in [1.54, 1.807) is 13.0 Å². The van der Waals surface area contributed by atoms with E-state index in [2.05, 4.69) is 4.72 Å². The number of rotatable bonds is 4. The first-order valence-corrected chi connectivity index (χ1v) is 8.65. The van der Waals surface area contributed by atoms with E-state index in [1.807, 2.05) is 6.92 Å². The average Bonchev–Trinajstić information content (AvgIpc) is 2.40. The van der Waals surface area contributed by atoms with Gasteiger partial charge in [0.1, 0.15) is 0 Å². The van der Waals surface area contributed by atoms with Crippen molar-refractivity contribution in [2.24, 2.45) is 0 Å². The number of hydrogen-bond donors (Lipinski definition) is 2. The minimum atomic E-state index is -3.71. The van der Waals surface area contributed by atoms with E-state index in [0.717, 1.165) is 0 Å². The van der Waals surface area contributed by atoms with Crippen LogP contribution in [0.4, 0.5) is 0 Å². The normalized spacial score (nSPS) is 18.7. The van der Waals surface area contributed by atoms with Gasteiger partial charge in [0.25, 0.3) is 0 Å². The summed E-state index contributed by atoms with van der Waals surface area (Å²) in [6.07, 6.45) is 1.25. The third-order valence-corrected chi connectivity index (χ3v) is 5.85. The molecule has 2 N–H and O–H groups in total. The molecule has 1 fully saturated rings. The summed E-state index contributed by atoms with van der Waals surface area (Å²) >= 11 is 5.96. The lowest BCUT2D eigenvalue weighted by Gasteiger charge is -2.34. The fraction of sp³-hybridized carbons (Fsp3) is 0.571. The van der Waals surface area contributed by atoms with Crippen LogP contribution in [0.25, 0.3) is 0 Å². The number of benzene rings is 1. The lowest BCUT2D eigenvalue weighted by Crippen LogP contribution is -2.49. The Morgan fingerprint density at radius 3 is 2.57 bits per heavy atom. The molecule has 2 rings (SSSR count). The van der Waals surface area contributed by atoms with Gasteiger partial charge in [-0.1, -0.05) is 11.6 Å². The van der Waals surface area contributed by atoms with Gasteiger partial charge in [-0.25, -0.2) is 13.1 Å². The van der Waals surface area contributed by atoms with Gasteiger partial charge in [-0.05, 0) is 49.9 Å². The van der Waals surface area contributed by atoms with E-state index in [9.17, 15) is 13.5 Å². The maximum absolute atomic E-state index is 12.7. The number of aliphatic hydroxyl groups is 1. The fourth-order valence-corrected chi connectivity index (χ4v) is 4.54. The summed E-state index contributed by atoms with van der Waals surface area (Å²) in [7, 11) is -3.71. The monoisotopic (exact) mass is 333 g/mol. The van der Waals surface area contributed by atoms with Gasteiger partial charge in [0.2, 0.25) is 10.0 Å². The molecule has 118 valence electrons. The quantitative estimate of drug-likeness (QED) is 0.883. The molecule has 1 aliphatic rings. The van der Waals surface area contributed by atoms with E-state index in [0.29, 0.717) is 42.2 Å². The number of halogens is 1. The number of ether oxygens (including phenoxy) is 1. The molecule has 1 heterocycles. The van der Waals surface area contributed by atoms with E-state index in [4.69, 9.17) is 16.3 Å². The van der Waals surface area contributed by atoms with Crippen LogP contribution in [0, 0.1) is 6.92 Å². The minimum Gasteiger partial charge on any atom is -0.392 e. The molecule has 7 heteroatoms. The molecule has 0 bridgehead atoms. The zero-order valence-electron chi connectivity index (χ0n) is 12.1. The third kappa shape index (κ3) is 3.76. The van der Waals surface area contributed by atoms with Crippen molar-refractivity contribution >= 4 is 21.6 Å². The van der Waals surface area contributed by atoms with Crippen molar-refractivity contribution < 1.29 is 18.3 Å². The lowest BCUT2D eigenvalue weighted by molar-refractivity contribution is 0.0537. The van der Waals surface area contributed by atoms with Crippen molar-refractivity contribution in [3.8, 4) is 0 Å². The highest BCUT2D eigenvalue weighted by molar-refractivity contribution is 7.89. The Morgan fingerprint density at radius 1 is 1.38 bits per heavy atom. The maximum Gasteiger partial charge on any atom is 0.241 e. The molecule has 0 aromatic heterocycles. The molecule has 1 aromatic rings. The van der Waals surface area contributed by atoms with Crippen molar-refractivity contribution in [1.29, 1.82) is 0 Å². The molecule has 0 spiro atoms. The molecule has 0 amide bonds. The SMILES string of the molecule is Cc1c(CO)cc(Cl)cc1S(=O)(=O)NC1(C)CCOCC1. The smallest absolute Gasteiger partial charge is 0.241 e. The summed E-state index contributed by atoms with van der Waals surface area (Å²) in [5.41, 5.74) is 0.510. The summed E-state index contributed by atoms with van der Waals surface area (Å²) in [4.78, 5) is 0.117. The van der Waals surface area contributed by atoms with Crippen molar-refractivity contribution in [3.63, 3.8) is 0 Å². The van der Waals surface area contributed by atoms with Crippen molar-refractivity contribution in [1.82, 2.24) is 4.72 Å². The van der Waals surface area contributed by atoms with E-state index >= 15 is 0 Å². The van der Waals surface area contributed by atoms with Crippen LogP contribution in [0.1, 0.15) is 30.9 Å². The molecule has 1 saturated heterocycles. The summed E-state index contributed by atoms with van der Waals surface area (Å²) in [6.45, 7) is 4.37. The molecule has 5 nitrogen and oxygen atoms in total. The van der Waals surface area contributed by atoms with Crippen molar-refractivity contribution in [2.75, 3.05) is 13.2 Å². The molecule has 0 saturated carbocycles. The summed E-state index contributed by atoms with van der Waals surface area (Å²) < 4.78 is 33.3. The van der Waals surface area contributed by atoms with E-state index < -0.39 is 15.6 Å². The van der Waals surface area contributed by atoms with Crippen LogP contribution >= 0.6 is 11.6 Å². The highest BCUT2D eigenvalue weighted by atomic mass is 35.5. The molecular weight excluding hydrogens is 314 g/mol. The Morgan fingerprint density at radius 2 is 2.00 bits per heavy atom. The number of aliphatic hydroxyl groups excluding tert-OH is 1. The predicted octanol–water partition coefficient (Wildman–Crippen LogP) is 1.99. The Hall–Kier alpha value is -0.660. The Kier molecular flexibility index (Phi) is 4.95. The Labute approximate surface area is 130 Å². The van der Waals surface area contributed by atoms with Gasteiger partial charge in [0.15, 0.2) is 0 Å².